The quantitative estimate of drug-likeness (QED) is 0.257. The van der Waals surface area contributed by atoms with Crippen molar-refractivity contribution < 1.29 is 0 Å². The van der Waals surface area contributed by atoms with Crippen LogP contribution in [0.25, 0.3) is 0 Å². The predicted octanol–water partition coefficient (Wildman–Crippen LogP) is 7.15. The summed E-state index contributed by atoms with van der Waals surface area (Å²) in [6.07, 6.45) is 6.98. The summed E-state index contributed by atoms with van der Waals surface area (Å²) < 4.78 is 0. The molecule has 3 N–H and O–H groups in total. The van der Waals surface area contributed by atoms with Crippen LogP contribution in [0.2, 0.25) is 0 Å². The maximum Gasteiger partial charge on any atom is 0.0787 e. The van der Waals surface area contributed by atoms with Crippen molar-refractivity contribution in [2.45, 2.75) is 77.3 Å². The second-order valence-corrected chi connectivity index (χ2v) is 8.97. The Bertz CT molecular complexity index is 708. The van der Waals surface area contributed by atoms with Crippen molar-refractivity contribution in [3.8, 4) is 0 Å². The summed E-state index contributed by atoms with van der Waals surface area (Å²) in [7, 11) is 2.04. The van der Waals surface area contributed by atoms with Gasteiger partial charge in [0.2, 0.25) is 0 Å². The maximum absolute atomic E-state index is 7.26. The van der Waals surface area contributed by atoms with Crippen molar-refractivity contribution in [2.24, 2.45) is 17.6 Å². The first-order valence-electron chi connectivity index (χ1n) is 11.5. The number of hydrogen-bond acceptors (Lipinski definition) is 2. The molecule has 3 atom stereocenters. The lowest BCUT2D eigenvalue weighted by atomic mass is 9.57. The number of aryl methyl sites for hydroxylation is 1. The fourth-order valence-corrected chi connectivity index (χ4v) is 5.21. The number of hydrogen-bond donors (Lipinski definition) is 2. The van der Waals surface area contributed by atoms with Crippen molar-refractivity contribution >= 4 is 24.8 Å². The van der Waals surface area contributed by atoms with Crippen LogP contribution in [0.5, 0.6) is 0 Å². The number of nitrogens with two attached hydrogens (primary N) is 1. The van der Waals surface area contributed by atoms with E-state index in [9.17, 15) is 0 Å². The molecule has 0 heterocycles. The van der Waals surface area contributed by atoms with Gasteiger partial charge < -0.3 is 11.1 Å². The number of likely N-dealkylation sites (N-methyl/N-ethyl adjacent to an activating group) is 1. The number of nitrogens with one attached hydrogen (secondary N) is 1. The van der Waals surface area contributed by atoms with Gasteiger partial charge in [-0.1, -0.05) is 108 Å². The highest BCUT2D eigenvalue weighted by atomic mass is 35.5. The molecule has 2 aromatic rings. The molecule has 2 aromatic carbocycles. The minimum absolute atomic E-state index is 0. The van der Waals surface area contributed by atoms with E-state index in [1.54, 1.807) is 0 Å². The molecular formula is C27H44Cl2N2. The zero-order chi connectivity index (χ0) is 21.3. The third kappa shape index (κ3) is 6.71. The van der Waals surface area contributed by atoms with Crippen LogP contribution in [0.3, 0.4) is 0 Å². The lowest BCUT2D eigenvalue weighted by molar-refractivity contribution is 0.0577. The Morgan fingerprint density at radius 1 is 0.839 bits per heavy atom. The number of halogens is 2. The molecule has 0 aliphatic heterocycles. The summed E-state index contributed by atoms with van der Waals surface area (Å²) in [5.74, 6) is 0.810. The molecule has 4 heteroatoms. The van der Waals surface area contributed by atoms with Gasteiger partial charge in [0.05, 0.1) is 5.66 Å². The van der Waals surface area contributed by atoms with Crippen molar-refractivity contribution in [1.82, 2.24) is 5.32 Å². The Hall–Kier alpha value is -1.06. The van der Waals surface area contributed by atoms with E-state index < -0.39 is 5.66 Å². The van der Waals surface area contributed by atoms with Gasteiger partial charge in [0, 0.05) is 5.41 Å². The van der Waals surface area contributed by atoms with Gasteiger partial charge in [0.1, 0.15) is 0 Å². The van der Waals surface area contributed by atoms with Crippen LogP contribution in [-0.2, 0) is 11.8 Å². The normalized spacial score (nSPS) is 15.8. The minimum atomic E-state index is -0.448. The SMILES string of the molecule is CCC(C)C(N)(NC)C(CCCCCc1ccccc1)(c1ccccc1)C(C)C.Cl.Cl. The third-order valence-corrected chi connectivity index (χ3v) is 7.20. The van der Waals surface area contributed by atoms with Gasteiger partial charge in [-0.3, -0.25) is 0 Å². The maximum atomic E-state index is 7.26. The van der Waals surface area contributed by atoms with Crippen LogP contribution in [0.15, 0.2) is 60.7 Å². The summed E-state index contributed by atoms with van der Waals surface area (Å²) in [6, 6.07) is 21.8. The Morgan fingerprint density at radius 3 is 1.87 bits per heavy atom. The first-order valence-corrected chi connectivity index (χ1v) is 11.5. The molecule has 176 valence electrons. The number of unbranched alkanes of at least 4 members (excludes halogenated alkanes) is 2. The van der Waals surface area contributed by atoms with Crippen LogP contribution in [0, 0.1) is 11.8 Å². The topological polar surface area (TPSA) is 38.0 Å². The monoisotopic (exact) mass is 466 g/mol. The molecule has 0 aromatic heterocycles. The molecule has 0 aliphatic carbocycles. The number of rotatable bonds is 12. The molecule has 2 nitrogen and oxygen atoms in total. The smallest absolute Gasteiger partial charge is 0.0787 e. The van der Waals surface area contributed by atoms with Crippen molar-refractivity contribution in [3.05, 3.63) is 71.8 Å². The molecule has 0 radical (unpaired) electrons. The standard InChI is InChI=1S/C27H42N2.2ClH/c1-6-23(4)27(28,29-5)26(22(2)3,25-19-13-8-14-20-25)21-15-9-12-18-24-16-10-7-11-17-24;;/h7-8,10-11,13-14,16-17,19-20,22-23,29H,6,9,12,15,18,21,28H2,1-5H3;2*1H. The fourth-order valence-electron chi connectivity index (χ4n) is 5.21. The van der Waals surface area contributed by atoms with Crippen LogP contribution in [-0.4, -0.2) is 12.7 Å². The molecular weight excluding hydrogens is 423 g/mol. The van der Waals surface area contributed by atoms with Crippen molar-refractivity contribution in [2.75, 3.05) is 7.05 Å². The molecule has 0 fully saturated rings. The van der Waals surface area contributed by atoms with E-state index in [2.05, 4.69) is 93.7 Å². The van der Waals surface area contributed by atoms with E-state index in [1.165, 1.54) is 30.4 Å². The average molecular weight is 468 g/mol. The highest BCUT2D eigenvalue weighted by Gasteiger charge is 2.53. The van der Waals surface area contributed by atoms with Crippen LogP contribution in [0.4, 0.5) is 0 Å². The van der Waals surface area contributed by atoms with E-state index in [0.717, 1.165) is 19.3 Å². The first kappa shape index (κ1) is 29.9. The van der Waals surface area contributed by atoms with Gasteiger partial charge in [-0.05, 0) is 49.3 Å². The Balaban J connectivity index is 0.00000450. The van der Waals surface area contributed by atoms with E-state index in [1.807, 2.05) is 7.05 Å². The van der Waals surface area contributed by atoms with Crippen molar-refractivity contribution in [1.29, 1.82) is 0 Å². The molecule has 0 aliphatic rings. The first-order chi connectivity index (χ1) is 13.9. The summed E-state index contributed by atoms with van der Waals surface area (Å²) in [6.45, 7) is 9.24. The fraction of sp³-hybridized carbons (Fsp3) is 0.556. The van der Waals surface area contributed by atoms with Gasteiger partial charge in [-0.2, -0.15) is 0 Å². The molecule has 0 bridgehead atoms. The van der Waals surface area contributed by atoms with E-state index in [0.29, 0.717) is 11.8 Å². The van der Waals surface area contributed by atoms with Crippen molar-refractivity contribution in [3.63, 3.8) is 0 Å². The van der Waals surface area contributed by atoms with Gasteiger partial charge in [-0.25, -0.2) is 0 Å². The van der Waals surface area contributed by atoms with Crippen LogP contribution < -0.4 is 11.1 Å². The highest BCUT2D eigenvalue weighted by molar-refractivity contribution is 5.85. The Labute approximate surface area is 203 Å². The van der Waals surface area contributed by atoms with Gasteiger partial charge >= 0.3 is 0 Å². The minimum Gasteiger partial charge on any atom is -0.312 e. The number of benzene rings is 2. The lowest BCUT2D eigenvalue weighted by Gasteiger charge is -2.55. The molecule has 0 saturated carbocycles. The van der Waals surface area contributed by atoms with E-state index in [4.69, 9.17) is 5.73 Å². The summed E-state index contributed by atoms with van der Waals surface area (Å²) in [5.41, 5.74) is 9.51. The summed E-state index contributed by atoms with van der Waals surface area (Å²) >= 11 is 0. The summed E-state index contributed by atoms with van der Waals surface area (Å²) in [4.78, 5) is 0. The van der Waals surface area contributed by atoms with Gasteiger partial charge in [0.25, 0.3) is 0 Å². The van der Waals surface area contributed by atoms with E-state index >= 15 is 0 Å². The average Bonchev–Trinajstić information content (AvgIpc) is 2.76. The van der Waals surface area contributed by atoms with Gasteiger partial charge in [-0.15, -0.1) is 24.8 Å². The molecule has 0 amide bonds. The zero-order valence-corrected chi connectivity index (χ0v) is 21.7. The molecule has 0 spiro atoms. The third-order valence-electron chi connectivity index (χ3n) is 7.20. The second-order valence-electron chi connectivity index (χ2n) is 8.97. The molecule has 3 unspecified atom stereocenters. The predicted molar refractivity (Wildman–Crippen MR) is 142 cm³/mol. The second kappa shape index (κ2) is 14.2. The highest BCUT2D eigenvalue weighted by Crippen LogP contribution is 2.47. The van der Waals surface area contributed by atoms with E-state index in [-0.39, 0.29) is 30.2 Å². The molecule has 0 saturated heterocycles. The van der Waals surface area contributed by atoms with Crippen LogP contribution in [0.1, 0.15) is 70.9 Å². The lowest BCUT2D eigenvalue weighted by Crippen LogP contribution is -2.71. The Morgan fingerprint density at radius 2 is 1.39 bits per heavy atom. The largest absolute Gasteiger partial charge is 0.312 e. The van der Waals surface area contributed by atoms with Crippen LogP contribution >= 0.6 is 24.8 Å². The molecule has 2 rings (SSSR count). The molecule has 31 heavy (non-hydrogen) atoms. The summed E-state index contributed by atoms with van der Waals surface area (Å²) in [5, 5.41) is 3.59. The zero-order valence-electron chi connectivity index (χ0n) is 20.1. The van der Waals surface area contributed by atoms with Gasteiger partial charge in [0.15, 0.2) is 0 Å². The Kier molecular flexibility index (Phi) is 13.7.